The van der Waals surface area contributed by atoms with Crippen LogP contribution >= 0.6 is 0 Å². The fraction of sp³-hybridized carbons (Fsp3) is 0.667. The Hall–Kier alpha value is -1.40. The number of aromatic nitrogens is 2. The second kappa shape index (κ2) is 6.51. The zero-order chi connectivity index (χ0) is 12.8. The van der Waals surface area contributed by atoms with Crippen molar-refractivity contribution in [3.8, 4) is 5.88 Å². The van der Waals surface area contributed by atoms with E-state index in [1.165, 1.54) is 0 Å². The van der Waals surface area contributed by atoms with Gasteiger partial charge in [0.2, 0.25) is 5.88 Å². The Balaban J connectivity index is 2.07. The molecule has 100 valence electrons. The molecule has 0 saturated carbocycles. The Kier molecular flexibility index (Phi) is 4.72. The molecular formula is C12H19N3O3. The highest BCUT2D eigenvalue weighted by Gasteiger charge is 2.21. The van der Waals surface area contributed by atoms with Crippen LogP contribution in [0, 0.1) is 0 Å². The summed E-state index contributed by atoms with van der Waals surface area (Å²) in [5.41, 5.74) is 0. The van der Waals surface area contributed by atoms with Gasteiger partial charge in [0.05, 0.1) is 13.2 Å². The van der Waals surface area contributed by atoms with Crippen LogP contribution < -0.4 is 10.1 Å². The molecule has 0 radical (unpaired) electrons. The summed E-state index contributed by atoms with van der Waals surface area (Å²) in [6.07, 6.45) is 0.106. The van der Waals surface area contributed by atoms with E-state index in [0.29, 0.717) is 38.1 Å². The van der Waals surface area contributed by atoms with E-state index in [1.54, 1.807) is 6.07 Å². The number of anilines is 1. The first-order valence-corrected chi connectivity index (χ1v) is 6.25. The minimum Gasteiger partial charge on any atom is -0.469 e. The van der Waals surface area contributed by atoms with E-state index in [0.717, 1.165) is 12.4 Å². The van der Waals surface area contributed by atoms with Crippen LogP contribution in [-0.2, 0) is 16.1 Å². The molecule has 1 fully saturated rings. The number of nitrogens with zero attached hydrogens (tertiary/aromatic N) is 2. The van der Waals surface area contributed by atoms with E-state index < -0.39 is 0 Å². The summed E-state index contributed by atoms with van der Waals surface area (Å²) in [5, 5.41) is 3.16. The van der Waals surface area contributed by atoms with Gasteiger partial charge in [-0.3, -0.25) is 0 Å². The van der Waals surface area contributed by atoms with Crippen molar-refractivity contribution in [1.82, 2.24) is 9.97 Å². The molecule has 1 aromatic heterocycles. The van der Waals surface area contributed by atoms with Crippen LogP contribution in [0.2, 0.25) is 0 Å². The average molecular weight is 253 g/mol. The van der Waals surface area contributed by atoms with Crippen molar-refractivity contribution in [3.63, 3.8) is 0 Å². The van der Waals surface area contributed by atoms with Gasteiger partial charge in [-0.15, -0.1) is 0 Å². The lowest BCUT2D eigenvalue weighted by atomic mass is 10.3. The second-order valence-corrected chi connectivity index (χ2v) is 3.95. The summed E-state index contributed by atoms with van der Waals surface area (Å²) in [7, 11) is 0. The molecular weight excluding hydrogens is 234 g/mol. The number of hydrogen-bond donors (Lipinski definition) is 1. The number of rotatable bonds is 7. The lowest BCUT2D eigenvalue weighted by Gasteiger charge is -2.26. The zero-order valence-corrected chi connectivity index (χ0v) is 10.8. The predicted molar refractivity (Wildman–Crippen MR) is 66.8 cm³/mol. The van der Waals surface area contributed by atoms with Gasteiger partial charge in [0.1, 0.15) is 18.5 Å². The second-order valence-electron chi connectivity index (χ2n) is 3.95. The van der Waals surface area contributed by atoms with Crippen molar-refractivity contribution >= 4 is 5.82 Å². The quantitative estimate of drug-likeness (QED) is 0.788. The van der Waals surface area contributed by atoms with Gasteiger partial charge in [-0.2, -0.15) is 4.98 Å². The van der Waals surface area contributed by atoms with Crippen LogP contribution in [0.1, 0.15) is 19.7 Å². The maximum Gasteiger partial charge on any atom is 0.219 e. The molecule has 2 heterocycles. The van der Waals surface area contributed by atoms with Gasteiger partial charge in [-0.1, -0.05) is 0 Å². The Morgan fingerprint density at radius 2 is 2.22 bits per heavy atom. The van der Waals surface area contributed by atoms with E-state index in [-0.39, 0.29) is 6.10 Å². The van der Waals surface area contributed by atoms with Gasteiger partial charge in [0.15, 0.2) is 5.82 Å². The van der Waals surface area contributed by atoms with E-state index in [4.69, 9.17) is 14.2 Å². The molecule has 1 N–H and O–H groups in total. The number of ether oxygens (including phenoxy) is 3. The molecule has 1 aromatic rings. The van der Waals surface area contributed by atoms with Crippen LogP contribution in [-0.4, -0.2) is 42.4 Å². The standard InChI is InChI=1S/C12H19N3O3/c1-3-13-10-5-12(18-9-6-17-7-9)15-11(14-10)8-16-4-2/h5,9H,3-4,6-8H2,1-2H3,(H,13,14,15). The molecule has 0 amide bonds. The third kappa shape index (κ3) is 3.54. The minimum atomic E-state index is 0.106. The molecule has 0 unspecified atom stereocenters. The highest BCUT2D eigenvalue weighted by molar-refractivity contribution is 5.38. The summed E-state index contributed by atoms with van der Waals surface area (Å²) in [6.45, 7) is 7.05. The Morgan fingerprint density at radius 1 is 1.39 bits per heavy atom. The van der Waals surface area contributed by atoms with Gasteiger partial charge in [0.25, 0.3) is 0 Å². The molecule has 1 saturated heterocycles. The van der Waals surface area contributed by atoms with Gasteiger partial charge in [-0.05, 0) is 13.8 Å². The Bertz CT molecular complexity index is 383. The first kappa shape index (κ1) is 13.0. The maximum absolute atomic E-state index is 5.69. The largest absolute Gasteiger partial charge is 0.469 e. The summed E-state index contributed by atoms with van der Waals surface area (Å²) < 4.78 is 16.1. The molecule has 0 bridgehead atoms. The van der Waals surface area contributed by atoms with E-state index >= 15 is 0 Å². The summed E-state index contributed by atoms with van der Waals surface area (Å²) in [4.78, 5) is 8.67. The predicted octanol–water partition coefficient (Wildman–Crippen LogP) is 1.22. The van der Waals surface area contributed by atoms with Gasteiger partial charge in [-0.25, -0.2) is 4.98 Å². The SMILES string of the molecule is CCNc1cc(OC2COC2)nc(COCC)n1. The molecule has 6 nitrogen and oxygen atoms in total. The average Bonchev–Trinajstić information content (AvgIpc) is 2.32. The molecule has 6 heteroatoms. The molecule has 0 atom stereocenters. The lowest BCUT2D eigenvalue weighted by molar-refractivity contribution is -0.0815. The monoisotopic (exact) mass is 253 g/mol. The van der Waals surface area contributed by atoms with E-state index in [1.807, 2.05) is 13.8 Å². The van der Waals surface area contributed by atoms with Crippen LogP contribution in [0.15, 0.2) is 6.07 Å². The first-order valence-electron chi connectivity index (χ1n) is 6.25. The van der Waals surface area contributed by atoms with Crippen molar-refractivity contribution in [1.29, 1.82) is 0 Å². The molecule has 2 rings (SSSR count). The summed E-state index contributed by atoms with van der Waals surface area (Å²) in [6, 6.07) is 1.80. The Labute approximate surface area is 107 Å². The van der Waals surface area contributed by atoms with Crippen LogP contribution in [0.3, 0.4) is 0 Å². The summed E-state index contributed by atoms with van der Waals surface area (Å²) in [5.74, 6) is 1.96. The number of hydrogen-bond acceptors (Lipinski definition) is 6. The first-order chi connectivity index (χ1) is 8.81. The third-order valence-corrected chi connectivity index (χ3v) is 2.44. The van der Waals surface area contributed by atoms with Gasteiger partial charge >= 0.3 is 0 Å². The van der Waals surface area contributed by atoms with Crippen LogP contribution in [0.25, 0.3) is 0 Å². The topological polar surface area (TPSA) is 65.5 Å². The minimum absolute atomic E-state index is 0.106. The smallest absolute Gasteiger partial charge is 0.219 e. The van der Waals surface area contributed by atoms with E-state index in [9.17, 15) is 0 Å². The molecule has 1 aliphatic rings. The zero-order valence-electron chi connectivity index (χ0n) is 10.8. The highest BCUT2D eigenvalue weighted by Crippen LogP contribution is 2.17. The molecule has 0 aliphatic carbocycles. The van der Waals surface area contributed by atoms with E-state index in [2.05, 4.69) is 15.3 Å². The van der Waals surface area contributed by atoms with Crippen molar-refractivity contribution in [2.45, 2.75) is 26.6 Å². The van der Waals surface area contributed by atoms with Gasteiger partial charge in [0, 0.05) is 19.2 Å². The number of nitrogens with one attached hydrogen (secondary N) is 1. The normalized spacial score (nSPS) is 15.2. The van der Waals surface area contributed by atoms with Crippen molar-refractivity contribution in [2.24, 2.45) is 0 Å². The van der Waals surface area contributed by atoms with Gasteiger partial charge < -0.3 is 19.5 Å². The summed E-state index contributed by atoms with van der Waals surface area (Å²) >= 11 is 0. The molecule has 18 heavy (non-hydrogen) atoms. The van der Waals surface area contributed by atoms with Crippen LogP contribution in [0.5, 0.6) is 5.88 Å². The molecule has 0 spiro atoms. The van der Waals surface area contributed by atoms with Crippen molar-refractivity contribution < 1.29 is 14.2 Å². The fourth-order valence-corrected chi connectivity index (χ4v) is 1.52. The Morgan fingerprint density at radius 3 is 2.83 bits per heavy atom. The van der Waals surface area contributed by atoms with Crippen LogP contribution in [0.4, 0.5) is 5.82 Å². The molecule has 1 aliphatic heterocycles. The third-order valence-electron chi connectivity index (χ3n) is 2.44. The molecule has 0 aromatic carbocycles. The maximum atomic E-state index is 5.69. The van der Waals surface area contributed by atoms with Crippen molar-refractivity contribution in [2.75, 3.05) is 31.7 Å². The highest BCUT2D eigenvalue weighted by atomic mass is 16.6. The lowest BCUT2D eigenvalue weighted by Crippen LogP contribution is -2.38. The van der Waals surface area contributed by atoms with Crippen molar-refractivity contribution in [3.05, 3.63) is 11.9 Å². The fourth-order valence-electron chi connectivity index (χ4n) is 1.52.